The second-order valence-corrected chi connectivity index (χ2v) is 18.3. The van der Waals surface area contributed by atoms with Gasteiger partial charge in [0.1, 0.15) is 11.5 Å². The summed E-state index contributed by atoms with van der Waals surface area (Å²) in [6.45, 7) is 26.8. The van der Waals surface area contributed by atoms with Crippen LogP contribution in [0.2, 0.25) is 0 Å². The van der Waals surface area contributed by atoms with Gasteiger partial charge in [-0.05, 0) is 94.6 Å². The molecule has 0 bridgehead atoms. The van der Waals surface area contributed by atoms with E-state index in [4.69, 9.17) is 9.98 Å². The van der Waals surface area contributed by atoms with Gasteiger partial charge in [-0.1, -0.05) is 108 Å². The number of aliphatic imine (C=N–C) groups is 2. The van der Waals surface area contributed by atoms with E-state index in [1.54, 1.807) is 0 Å². The van der Waals surface area contributed by atoms with Crippen LogP contribution in [-0.2, 0) is 42.5 Å². The van der Waals surface area contributed by atoms with E-state index in [1.165, 1.54) is 11.1 Å². The third-order valence-corrected chi connectivity index (χ3v) is 7.97. The van der Waals surface area contributed by atoms with Crippen molar-refractivity contribution in [1.82, 2.24) is 0 Å². The summed E-state index contributed by atoms with van der Waals surface area (Å²) < 4.78 is 0. The van der Waals surface area contributed by atoms with Crippen LogP contribution < -0.4 is 0 Å². The minimum atomic E-state index is 0. The molecule has 46 heavy (non-hydrogen) atoms. The summed E-state index contributed by atoms with van der Waals surface area (Å²) >= 11 is 0. The van der Waals surface area contributed by atoms with Crippen LogP contribution in [0.5, 0.6) is 11.5 Å². The van der Waals surface area contributed by atoms with Gasteiger partial charge in [-0.2, -0.15) is 0 Å². The van der Waals surface area contributed by atoms with Crippen molar-refractivity contribution in [1.29, 1.82) is 0 Å². The fourth-order valence-electron chi connectivity index (χ4n) is 6.40. The molecule has 2 aromatic carbocycles. The van der Waals surface area contributed by atoms with Crippen molar-refractivity contribution < 1.29 is 27.0 Å². The topological polar surface area (TPSA) is 65.2 Å². The Morgan fingerprint density at radius 3 is 1.15 bits per heavy atom. The standard InChI is InChI=1S/C40H62N2O2.CH3.Co/c1-37(2,3)21-27-17-29(23-39(7,8)9)35(43)31(19-27)25-41-33-15-13-14-16-34(33)42-26-32-20-28(22-38(4,5)6)18-30(36(32)44)24-40(10,11)12;;/h17-20,25-26,33-34,43-44H,13-16,21-24H2,1-12H3;1H3;/q;-1;. The molecule has 5 heteroatoms. The van der Waals surface area contributed by atoms with Crippen LogP contribution in [0.25, 0.3) is 0 Å². The SMILES string of the molecule is CC(C)(C)Cc1cc(C=NC2CCCCC2N=Cc2cc(CC(C)(C)C)cc(CC(C)(C)C)c2O)c(O)c(CC(C)(C)C)c1.[CH3-].[Co]. The molecule has 0 aromatic heterocycles. The molecule has 2 atom stereocenters. The molecule has 1 aliphatic rings. The molecule has 2 aromatic rings. The summed E-state index contributed by atoms with van der Waals surface area (Å²) in [6, 6.07) is 8.70. The first kappa shape index (κ1) is 41.9. The second-order valence-electron chi connectivity index (χ2n) is 18.3. The third-order valence-electron chi connectivity index (χ3n) is 7.97. The Kier molecular flexibility index (Phi) is 14.9. The van der Waals surface area contributed by atoms with Crippen LogP contribution >= 0.6 is 0 Å². The molecular weight excluding hydrogens is 611 g/mol. The Balaban J connectivity index is 0.00000529. The van der Waals surface area contributed by atoms with Gasteiger partial charge in [-0.15, -0.1) is 0 Å². The predicted octanol–water partition coefficient (Wildman–Crippen LogP) is 10.7. The monoisotopic (exact) mass is 676 g/mol. The summed E-state index contributed by atoms with van der Waals surface area (Å²) in [7, 11) is 0. The fourth-order valence-corrected chi connectivity index (χ4v) is 6.40. The number of rotatable bonds is 8. The normalized spacial score (nSPS) is 18.1. The molecule has 0 aliphatic heterocycles. The van der Waals surface area contributed by atoms with Crippen LogP contribution in [0, 0.1) is 29.1 Å². The first-order valence-corrected chi connectivity index (χ1v) is 16.8. The Labute approximate surface area is 293 Å². The smallest absolute Gasteiger partial charge is 0.127 e. The van der Waals surface area contributed by atoms with Gasteiger partial charge in [0.15, 0.2) is 0 Å². The molecule has 2 N–H and O–H groups in total. The van der Waals surface area contributed by atoms with Gasteiger partial charge in [0.2, 0.25) is 0 Å². The molecule has 4 nitrogen and oxygen atoms in total. The maximum atomic E-state index is 11.3. The number of phenolic OH excluding ortho intramolecular Hbond substituents is 2. The molecule has 1 radical (unpaired) electrons. The van der Waals surface area contributed by atoms with Gasteiger partial charge >= 0.3 is 0 Å². The molecule has 1 fully saturated rings. The van der Waals surface area contributed by atoms with Gasteiger partial charge < -0.3 is 17.6 Å². The molecule has 0 heterocycles. The van der Waals surface area contributed by atoms with Gasteiger partial charge in [0.25, 0.3) is 0 Å². The van der Waals surface area contributed by atoms with Crippen molar-refractivity contribution >= 4 is 12.4 Å². The number of hydrogen-bond acceptors (Lipinski definition) is 4. The average molecular weight is 677 g/mol. The van der Waals surface area contributed by atoms with E-state index in [0.29, 0.717) is 11.5 Å². The van der Waals surface area contributed by atoms with Crippen molar-refractivity contribution in [2.75, 3.05) is 0 Å². The van der Waals surface area contributed by atoms with E-state index < -0.39 is 0 Å². The number of phenols is 2. The van der Waals surface area contributed by atoms with E-state index in [9.17, 15) is 10.2 Å². The van der Waals surface area contributed by atoms with Crippen LogP contribution in [0.4, 0.5) is 0 Å². The van der Waals surface area contributed by atoms with Crippen molar-refractivity contribution in [2.45, 2.75) is 147 Å². The molecule has 2 unspecified atom stereocenters. The molecule has 3 rings (SSSR count). The maximum absolute atomic E-state index is 11.3. The summed E-state index contributed by atoms with van der Waals surface area (Å²) in [5, 5.41) is 22.6. The molecule has 0 saturated heterocycles. The molecule has 1 aliphatic carbocycles. The minimum Gasteiger partial charge on any atom is -0.507 e. The Bertz CT molecular complexity index is 1230. The number of benzene rings is 2. The summed E-state index contributed by atoms with van der Waals surface area (Å²) in [5.41, 5.74) is 6.52. The first-order chi connectivity index (χ1) is 20.1. The zero-order valence-corrected chi connectivity index (χ0v) is 32.4. The quantitative estimate of drug-likeness (QED) is 0.216. The minimum absolute atomic E-state index is 0. The van der Waals surface area contributed by atoms with E-state index in [1.807, 2.05) is 12.4 Å². The summed E-state index contributed by atoms with van der Waals surface area (Å²) in [4.78, 5) is 10.2. The molecule has 261 valence electrons. The van der Waals surface area contributed by atoms with Crippen molar-refractivity contribution in [2.24, 2.45) is 31.6 Å². The zero-order chi connectivity index (χ0) is 33.1. The van der Waals surface area contributed by atoms with E-state index in [-0.39, 0.29) is 57.9 Å². The van der Waals surface area contributed by atoms with Gasteiger partial charge in [-0.25, -0.2) is 0 Å². The van der Waals surface area contributed by atoms with Crippen LogP contribution in [0.3, 0.4) is 0 Å². The summed E-state index contributed by atoms with van der Waals surface area (Å²) in [6.07, 6.45) is 11.5. The molecule has 0 spiro atoms. The molecular formula is C41H65CoN2O2-. The largest absolute Gasteiger partial charge is 0.507 e. The number of nitrogens with zero attached hydrogens (tertiary/aromatic N) is 2. The average Bonchev–Trinajstić information content (AvgIpc) is 2.83. The number of hydrogen-bond donors (Lipinski definition) is 2. The predicted molar refractivity (Wildman–Crippen MR) is 196 cm³/mol. The van der Waals surface area contributed by atoms with Crippen LogP contribution in [0.15, 0.2) is 34.3 Å². The molecule has 0 amide bonds. The van der Waals surface area contributed by atoms with Crippen molar-refractivity contribution in [3.63, 3.8) is 0 Å². The van der Waals surface area contributed by atoms with E-state index >= 15 is 0 Å². The van der Waals surface area contributed by atoms with Crippen molar-refractivity contribution in [3.8, 4) is 11.5 Å². The summed E-state index contributed by atoms with van der Waals surface area (Å²) in [5.74, 6) is 0.702. The first-order valence-electron chi connectivity index (χ1n) is 16.8. The van der Waals surface area contributed by atoms with Crippen molar-refractivity contribution in [3.05, 3.63) is 65.1 Å². The third kappa shape index (κ3) is 13.9. The number of aromatic hydroxyl groups is 2. The maximum Gasteiger partial charge on any atom is 0.127 e. The zero-order valence-electron chi connectivity index (χ0n) is 31.4. The van der Waals surface area contributed by atoms with Gasteiger partial charge in [-0.3, -0.25) is 9.98 Å². The van der Waals surface area contributed by atoms with E-state index in [0.717, 1.165) is 73.6 Å². The Hall–Kier alpha value is -2.11. The second kappa shape index (κ2) is 16.3. The Morgan fingerprint density at radius 1 is 0.565 bits per heavy atom. The van der Waals surface area contributed by atoms with Crippen LogP contribution in [0.1, 0.15) is 142 Å². The van der Waals surface area contributed by atoms with Gasteiger partial charge in [0, 0.05) is 40.3 Å². The molecule has 1 saturated carbocycles. The Morgan fingerprint density at radius 2 is 0.870 bits per heavy atom. The van der Waals surface area contributed by atoms with Crippen LogP contribution in [-0.4, -0.2) is 34.7 Å². The van der Waals surface area contributed by atoms with Gasteiger partial charge in [0.05, 0.1) is 12.1 Å². The van der Waals surface area contributed by atoms with E-state index in [2.05, 4.69) is 107 Å². The fraction of sp³-hybridized carbons (Fsp3) is 0.634.